The fourth-order valence-electron chi connectivity index (χ4n) is 2.10. The van der Waals surface area contributed by atoms with E-state index in [2.05, 4.69) is 9.97 Å². The molecule has 106 valence electrons. The molecule has 2 rings (SSSR count). The van der Waals surface area contributed by atoms with Crippen molar-refractivity contribution < 1.29 is 9.47 Å². The average Bonchev–Trinajstić information content (AvgIpc) is 2.38. The largest absolute Gasteiger partial charge is 0.383 e. The summed E-state index contributed by atoms with van der Waals surface area (Å²) in [6, 6.07) is 0. The van der Waals surface area contributed by atoms with Gasteiger partial charge in [0, 0.05) is 12.2 Å². The Morgan fingerprint density at radius 3 is 2.53 bits per heavy atom. The molecule has 1 aliphatic heterocycles. The minimum absolute atomic E-state index is 0.0638. The van der Waals surface area contributed by atoms with Crippen molar-refractivity contribution >= 4 is 17.6 Å². The van der Waals surface area contributed by atoms with Gasteiger partial charge < -0.3 is 26.7 Å². The first-order valence-electron chi connectivity index (χ1n) is 6.57. The fraction of sp³-hybridized carbons (Fsp3) is 0.667. The van der Waals surface area contributed by atoms with E-state index in [0.717, 1.165) is 37.9 Å². The van der Waals surface area contributed by atoms with Gasteiger partial charge in [0.25, 0.3) is 0 Å². The maximum atomic E-state index is 5.77. The molecule has 1 unspecified atom stereocenters. The lowest BCUT2D eigenvalue weighted by Crippen LogP contribution is -2.22. The maximum Gasteiger partial charge on any atom is 0.223 e. The van der Waals surface area contributed by atoms with Crippen LogP contribution in [0.15, 0.2) is 0 Å². The normalized spacial score (nSPS) is 19.5. The summed E-state index contributed by atoms with van der Waals surface area (Å²) in [5, 5.41) is 0. The van der Waals surface area contributed by atoms with Gasteiger partial charge in [-0.25, -0.2) is 0 Å². The summed E-state index contributed by atoms with van der Waals surface area (Å²) in [4.78, 5) is 7.80. The van der Waals surface area contributed by atoms with E-state index in [9.17, 15) is 0 Å². The number of nitrogens with two attached hydrogens (primary N) is 3. The first-order valence-corrected chi connectivity index (χ1v) is 6.57. The molecular formula is C12H21N5O2. The van der Waals surface area contributed by atoms with Crippen LogP contribution in [0.25, 0.3) is 0 Å². The van der Waals surface area contributed by atoms with Crippen molar-refractivity contribution in [3.8, 4) is 0 Å². The number of hydrogen-bond donors (Lipinski definition) is 3. The highest BCUT2D eigenvalue weighted by Crippen LogP contribution is 2.19. The monoisotopic (exact) mass is 267 g/mol. The van der Waals surface area contributed by atoms with Crippen molar-refractivity contribution in [2.24, 2.45) is 0 Å². The van der Waals surface area contributed by atoms with E-state index < -0.39 is 0 Å². The number of hydrogen-bond acceptors (Lipinski definition) is 7. The van der Waals surface area contributed by atoms with E-state index in [0.29, 0.717) is 24.7 Å². The lowest BCUT2D eigenvalue weighted by Gasteiger charge is -2.22. The Hall–Kier alpha value is -1.60. The lowest BCUT2D eigenvalue weighted by atomic mass is 10.1. The quantitative estimate of drug-likeness (QED) is 0.671. The molecule has 1 aliphatic rings. The van der Waals surface area contributed by atoms with Crippen molar-refractivity contribution in [1.29, 1.82) is 0 Å². The standard InChI is InChI=1S/C12H21N5O2/c13-10-8(11(14)17-12(15)16-10)4-3-7-19-9-5-1-2-6-18-9/h9H,1-7H2,(H6,13,14,15,16,17). The molecule has 1 atom stereocenters. The summed E-state index contributed by atoms with van der Waals surface area (Å²) < 4.78 is 11.1. The van der Waals surface area contributed by atoms with Crippen LogP contribution in [0.4, 0.5) is 17.6 Å². The van der Waals surface area contributed by atoms with Crippen molar-refractivity contribution in [2.45, 2.75) is 38.4 Å². The smallest absolute Gasteiger partial charge is 0.223 e. The predicted molar refractivity (Wildman–Crippen MR) is 73.1 cm³/mol. The van der Waals surface area contributed by atoms with Crippen molar-refractivity contribution in [3.05, 3.63) is 5.56 Å². The van der Waals surface area contributed by atoms with E-state index in [-0.39, 0.29) is 12.2 Å². The van der Waals surface area contributed by atoms with Gasteiger partial charge in [-0.15, -0.1) is 0 Å². The predicted octanol–water partition coefficient (Wildman–Crippen LogP) is 0.699. The highest BCUT2D eigenvalue weighted by molar-refractivity contribution is 5.55. The van der Waals surface area contributed by atoms with Gasteiger partial charge in [0.1, 0.15) is 11.6 Å². The van der Waals surface area contributed by atoms with Crippen LogP contribution < -0.4 is 17.2 Å². The summed E-state index contributed by atoms with van der Waals surface area (Å²) in [7, 11) is 0. The second kappa shape index (κ2) is 6.53. The summed E-state index contributed by atoms with van der Waals surface area (Å²) in [5.74, 6) is 0.795. The molecule has 0 bridgehead atoms. The third kappa shape index (κ3) is 3.93. The number of nitrogens with zero attached hydrogens (tertiary/aromatic N) is 2. The molecule has 0 amide bonds. The molecule has 6 N–H and O–H groups in total. The van der Waals surface area contributed by atoms with Gasteiger partial charge in [0.2, 0.25) is 5.95 Å². The molecule has 0 spiro atoms. The minimum Gasteiger partial charge on any atom is -0.383 e. The second-order valence-corrected chi connectivity index (χ2v) is 4.60. The minimum atomic E-state index is -0.0638. The maximum absolute atomic E-state index is 5.77. The zero-order chi connectivity index (χ0) is 13.7. The second-order valence-electron chi connectivity index (χ2n) is 4.60. The van der Waals surface area contributed by atoms with Gasteiger partial charge in [0.15, 0.2) is 6.29 Å². The van der Waals surface area contributed by atoms with E-state index in [4.69, 9.17) is 26.7 Å². The summed E-state index contributed by atoms with van der Waals surface area (Å²) in [5.41, 5.74) is 17.7. The van der Waals surface area contributed by atoms with Crippen LogP contribution in [0.1, 0.15) is 31.2 Å². The Labute approximate surface area is 112 Å². The lowest BCUT2D eigenvalue weighted by molar-refractivity contribution is -0.162. The van der Waals surface area contributed by atoms with Crippen molar-refractivity contribution in [1.82, 2.24) is 9.97 Å². The third-order valence-electron chi connectivity index (χ3n) is 3.10. The number of ether oxygens (including phenoxy) is 2. The molecule has 0 aromatic carbocycles. The molecule has 0 saturated carbocycles. The van der Waals surface area contributed by atoms with Crippen LogP contribution in [0.3, 0.4) is 0 Å². The first kappa shape index (κ1) is 13.8. The summed E-state index contributed by atoms with van der Waals surface area (Å²) >= 11 is 0. The van der Waals surface area contributed by atoms with Gasteiger partial charge >= 0.3 is 0 Å². The zero-order valence-electron chi connectivity index (χ0n) is 11.0. The Morgan fingerprint density at radius 1 is 1.16 bits per heavy atom. The molecule has 0 radical (unpaired) electrons. The fourth-order valence-corrected chi connectivity index (χ4v) is 2.10. The van der Waals surface area contributed by atoms with Crippen LogP contribution in [0.2, 0.25) is 0 Å². The number of aromatic nitrogens is 2. The number of nitrogen functional groups attached to an aromatic ring is 3. The van der Waals surface area contributed by atoms with E-state index >= 15 is 0 Å². The molecule has 1 aromatic rings. The van der Waals surface area contributed by atoms with Gasteiger partial charge in [-0.05, 0) is 32.1 Å². The highest BCUT2D eigenvalue weighted by atomic mass is 16.7. The summed E-state index contributed by atoms with van der Waals surface area (Å²) in [6.07, 6.45) is 4.65. The SMILES string of the molecule is Nc1nc(N)c(CCCOC2CCCCO2)c(N)n1. The van der Waals surface area contributed by atoms with Crippen LogP contribution in [0, 0.1) is 0 Å². The number of rotatable bonds is 5. The van der Waals surface area contributed by atoms with Crippen molar-refractivity contribution in [2.75, 3.05) is 30.4 Å². The van der Waals surface area contributed by atoms with Crippen LogP contribution >= 0.6 is 0 Å². The Morgan fingerprint density at radius 2 is 1.89 bits per heavy atom. The highest BCUT2D eigenvalue weighted by Gasteiger charge is 2.14. The molecule has 7 nitrogen and oxygen atoms in total. The summed E-state index contributed by atoms with van der Waals surface area (Å²) in [6.45, 7) is 1.39. The molecular weight excluding hydrogens is 246 g/mol. The molecule has 19 heavy (non-hydrogen) atoms. The van der Waals surface area contributed by atoms with Crippen LogP contribution in [0.5, 0.6) is 0 Å². The first-order chi connectivity index (χ1) is 9.16. The van der Waals surface area contributed by atoms with Gasteiger partial charge in [-0.3, -0.25) is 0 Å². The van der Waals surface area contributed by atoms with Crippen LogP contribution in [-0.2, 0) is 15.9 Å². The van der Waals surface area contributed by atoms with Crippen molar-refractivity contribution in [3.63, 3.8) is 0 Å². The number of anilines is 3. The van der Waals surface area contributed by atoms with Gasteiger partial charge in [0.05, 0.1) is 6.61 Å². The Kier molecular flexibility index (Phi) is 4.75. The molecule has 7 heteroatoms. The Balaban J connectivity index is 1.76. The molecule has 1 saturated heterocycles. The van der Waals surface area contributed by atoms with E-state index in [1.807, 2.05) is 0 Å². The van der Waals surface area contributed by atoms with E-state index in [1.54, 1.807) is 0 Å². The molecule has 0 aliphatic carbocycles. The average molecular weight is 267 g/mol. The van der Waals surface area contributed by atoms with E-state index in [1.165, 1.54) is 0 Å². The molecule has 1 aromatic heterocycles. The van der Waals surface area contributed by atoms with Gasteiger partial charge in [-0.2, -0.15) is 9.97 Å². The van der Waals surface area contributed by atoms with Crippen LogP contribution in [-0.4, -0.2) is 29.5 Å². The molecule has 1 fully saturated rings. The zero-order valence-corrected chi connectivity index (χ0v) is 11.0. The third-order valence-corrected chi connectivity index (χ3v) is 3.10. The topological polar surface area (TPSA) is 122 Å². The Bertz CT molecular complexity index is 398. The van der Waals surface area contributed by atoms with Gasteiger partial charge in [-0.1, -0.05) is 0 Å². The molecule has 2 heterocycles.